The first kappa shape index (κ1) is 20.6. The zero-order chi connectivity index (χ0) is 19.4. The number of carbonyl (C=O) groups excluding carboxylic acids is 2. The van der Waals surface area contributed by atoms with Crippen molar-refractivity contribution in [3.8, 4) is 0 Å². The van der Waals surface area contributed by atoms with E-state index in [1.807, 2.05) is 0 Å². The molecule has 0 saturated heterocycles. The van der Waals surface area contributed by atoms with Crippen molar-refractivity contribution < 1.29 is 24.2 Å². The van der Waals surface area contributed by atoms with E-state index < -0.39 is 23.7 Å². The Balaban J connectivity index is 3.01. The Bertz CT molecular complexity index is 654. The SMILES string of the molecule is Cc1cc(C(=O)CN)cc(C)c1CC(NC(=O)OC(C)(C)C)C(=O)O. The molecule has 7 nitrogen and oxygen atoms in total. The lowest BCUT2D eigenvalue weighted by molar-refractivity contribution is -0.139. The third kappa shape index (κ3) is 6.19. The number of nitrogens with one attached hydrogen (secondary N) is 1. The molecule has 138 valence electrons. The van der Waals surface area contributed by atoms with Crippen molar-refractivity contribution in [3.63, 3.8) is 0 Å². The molecule has 0 heterocycles. The number of Topliss-reactive ketones (excluding diaryl/α,β-unsaturated/α-hetero) is 1. The smallest absolute Gasteiger partial charge is 0.408 e. The fourth-order valence-electron chi connectivity index (χ4n) is 2.45. The molecule has 1 aromatic carbocycles. The van der Waals surface area contributed by atoms with Crippen molar-refractivity contribution >= 4 is 17.8 Å². The fourth-order valence-corrected chi connectivity index (χ4v) is 2.45. The van der Waals surface area contributed by atoms with Crippen LogP contribution in [-0.2, 0) is 16.0 Å². The Labute approximate surface area is 147 Å². The Morgan fingerprint density at radius 3 is 2.12 bits per heavy atom. The number of benzene rings is 1. The molecule has 7 heteroatoms. The Hall–Kier alpha value is -2.41. The molecule has 0 bridgehead atoms. The van der Waals surface area contributed by atoms with Crippen LogP contribution in [0.3, 0.4) is 0 Å². The molecule has 0 spiro atoms. The number of aliphatic carboxylic acids is 1. The number of amides is 1. The van der Waals surface area contributed by atoms with Crippen LogP contribution < -0.4 is 11.1 Å². The number of carbonyl (C=O) groups is 3. The second-order valence-corrected chi connectivity index (χ2v) is 6.96. The quantitative estimate of drug-likeness (QED) is 0.675. The molecule has 0 saturated carbocycles. The first-order valence-corrected chi connectivity index (χ1v) is 8.00. The summed E-state index contributed by atoms with van der Waals surface area (Å²) < 4.78 is 5.11. The number of ether oxygens (including phenoxy) is 1. The van der Waals surface area contributed by atoms with Crippen molar-refractivity contribution in [2.75, 3.05) is 6.54 Å². The molecule has 25 heavy (non-hydrogen) atoms. The molecule has 1 amide bonds. The monoisotopic (exact) mass is 350 g/mol. The molecule has 4 N–H and O–H groups in total. The van der Waals surface area contributed by atoms with E-state index in [4.69, 9.17) is 10.5 Å². The van der Waals surface area contributed by atoms with Crippen molar-refractivity contribution in [2.24, 2.45) is 5.73 Å². The molecule has 1 atom stereocenters. The maximum atomic E-state index is 11.9. The molecule has 0 fully saturated rings. The molecule has 0 aliphatic rings. The zero-order valence-electron chi connectivity index (χ0n) is 15.3. The number of nitrogens with two attached hydrogens (primary N) is 1. The number of carboxylic acid groups (broad SMARTS) is 1. The third-order valence-corrected chi connectivity index (χ3v) is 3.60. The standard InChI is InChI=1S/C18H26N2O5/c1-10-6-12(15(21)9-19)7-11(2)13(10)8-14(16(22)23)20-17(24)25-18(3,4)5/h6-7,14H,8-9,19H2,1-5H3,(H,20,24)(H,22,23). The van der Waals surface area contributed by atoms with Gasteiger partial charge in [-0.1, -0.05) is 0 Å². The van der Waals surface area contributed by atoms with Crippen LogP contribution in [0.5, 0.6) is 0 Å². The minimum Gasteiger partial charge on any atom is -0.480 e. The molecular weight excluding hydrogens is 324 g/mol. The molecule has 1 unspecified atom stereocenters. The fraction of sp³-hybridized carbons (Fsp3) is 0.500. The predicted octanol–water partition coefficient (Wildman–Crippen LogP) is 1.97. The van der Waals surface area contributed by atoms with Crippen LogP contribution in [0.4, 0.5) is 4.79 Å². The highest BCUT2D eigenvalue weighted by molar-refractivity contribution is 5.98. The Kier molecular flexibility index (Phi) is 6.70. The van der Waals surface area contributed by atoms with Crippen LogP contribution in [0.15, 0.2) is 12.1 Å². The summed E-state index contributed by atoms with van der Waals surface area (Å²) in [7, 11) is 0. The highest BCUT2D eigenvalue weighted by atomic mass is 16.6. The number of rotatable bonds is 6. The first-order valence-electron chi connectivity index (χ1n) is 8.00. The molecule has 1 aromatic rings. The number of hydrogen-bond acceptors (Lipinski definition) is 5. The number of carboxylic acids is 1. The van der Waals surface area contributed by atoms with Gasteiger partial charge in [0.1, 0.15) is 11.6 Å². The average Bonchev–Trinajstić information content (AvgIpc) is 2.46. The summed E-state index contributed by atoms with van der Waals surface area (Å²) in [6, 6.07) is 2.23. The van der Waals surface area contributed by atoms with Crippen LogP contribution in [0, 0.1) is 13.8 Å². The minimum absolute atomic E-state index is 0.0866. The number of ketones is 1. The summed E-state index contributed by atoms with van der Waals surface area (Å²) >= 11 is 0. The van der Waals surface area contributed by atoms with Gasteiger partial charge in [0, 0.05) is 12.0 Å². The summed E-state index contributed by atoms with van der Waals surface area (Å²) in [6.07, 6.45) is -0.700. The van der Waals surface area contributed by atoms with E-state index in [1.54, 1.807) is 46.8 Å². The lowest BCUT2D eigenvalue weighted by Crippen LogP contribution is -2.44. The summed E-state index contributed by atoms with van der Waals surface area (Å²) in [5.74, 6) is -1.34. The van der Waals surface area contributed by atoms with Gasteiger partial charge in [-0.3, -0.25) is 4.79 Å². The number of alkyl carbamates (subject to hydrolysis) is 1. The average molecular weight is 350 g/mol. The van der Waals surface area contributed by atoms with Gasteiger partial charge in [0.25, 0.3) is 0 Å². The van der Waals surface area contributed by atoms with Crippen LogP contribution in [0.25, 0.3) is 0 Å². The van der Waals surface area contributed by atoms with E-state index in [9.17, 15) is 19.5 Å². The minimum atomic E-state index is -1.16. The van der Waals surface area contributed by atoms with Gasteiger partial charge < -0.3 is 20.9 Å². The Morgan fingerprint density at radius 2 is 1.72 bits per heavy atom. The molecule has 0 aliphatic carbocycles. The maximum Gasteiger partial charge on any atom is 0.408 e. The van der Waals surface area contributed by atoms with Gasteiger partial charge in [-0.25, -0.2) is 9.59 Å². The molecule has 0 radical (unpaired) electrons. The molecule has 0 aliphatic heterocycles. The van der Waals surface area contributed by atoms with Gasteiger partial charge in [0.05, 0.1) is 6.54 Å². The zero-order valence-corrected chi connectivity index (χ0v) is 15.3. The largest absolute Gasteiger partial charge is 0.480 e. The molecular formula is C18H26N2O5. The summed E-state index contributed by atoms with van der Waals surface area (Å²) in [5, 5.41) is 11.8. The molecule has 0 aromatic heterocycles. The van der Waals surface area contributed by atoms with E-state index in [2.05, 4.69) is 5.32 Å². The number of hydrogen-bond donors (Lipinski definition) is 3. The van der Waals surface area contributed by atoms with E-state index in [-0.39, 0.29) is 18.7 Å². The van der Waals surface area contributed by atoms with Gasteiger partial charge in [0.2, 0.25) is 0 Å². The van der Waals surface area contributed by atoms with Crippen LogP contribution in [0.1, 0.15) is 47.8 Å². The van der Waals surface area contributed by atoms with Crippen molar-refractivity contribution in [1.29, 1.82) is 0 Å². The second-order valence-electron chi connectivity index (χ2n) is 6.96. The highest BCUT2D eigenvalue weighted by Crippen LogP contribution is 2.19. The molecule has 1 rings (SSSR count). The normalized spacial score (nSPS) is 12.4. The van der Waals surface area contributed by atoms with Gasteiger partial charge >= 0.3 is 12.1 Å². The summed E-state index contributed by atoms with van der Waals surface area (Å²) in [6.45, 7) is 8.59. The topological polar surface area (TPSA) is 119 Å². The van der Waals surface area contributed by atoms with Crippen LogP contribution in [0.2, 0.25) is 0 Å². The number of aryl methyl sites for hydroxylation is 2. The summed E-state index contributed by atoms with van der Waals surface area (Å²) in [5.41, 5.74) is 7.46. The lowest BCUT2D eigenvalue weighted by Gasteiger charge is -2.23. The Morgan fingerprint density at radius 1 is 1.20 bits per heavy atom. The van der Waals surface area contributed by atoms with Gasteiger partial charge in [-0.15, -0.1) is 0 Å². The predicted molar refractivity (Wildman–Crippen MR) is 93.8 cm³/mol. The maximum absolute atomic E-state index is 11.9. The third-order valence-electron chi connectivity index (χ3n) is 3.60. The van der Waals surface area contributed by atoms with Crippen LogP contribution in [-0.4, -0.2) is 41.1 Å². The second kappa shape index (κ2) is 8.11. The van der Waals surface area contributed by atoms with Gasteiger partial charge in [0.15, 0.2) is 5.78 Å². The van der Waals surface area contributed by atoms with Crippen molar-refractivity contribution in [2.45, 2.75) is 52.7 Å². The van der Waals surface area contributed by atoms with Crippen LogP contribution >= 0.6 is 0 Å². The van der Waals surface area contributed by atoms with Crippen molar-refractivity contribution in [3.05, 3.63) is 34.4 Å². The van der Waals surface area contributed by atoms with E-state index >= 15 is 0 Å². The van der Waals surface area contributed by atoms with E-state index in [1.165, 1.54) is 0 Å². The lowest BCUT2D eigenvalue weighted by atomic mass is 9.93. The first-order chi connectivity index (χ1) is 11.4. The van der Waals surface area contributed by atoms with Crippen molar-refractivity contribution in [1.82, 2.24) is 5.32 Å². The highest BCUT2D eigenvalue weighted by Gasteiger charge is 2.25. The van der Waals surface area contributed by atoms with Gasteiger partial charge in [-0.2, -0.15) is 0 Å². The van der Waals surface area contributed by atoms with E-state index in [0.29, 0.717) is 5.56 Å². The summed E-state index contributed by atoms with van der Waals surface area (Å²) in [4.78, 5) is 35.1. The van der Waals surface area contributed by atoms with Gasteiger partial charge in [-0.05, 0) is 63.4 Å². The van der Waals surface area contributed by atoms with E-state index in [0.717, 1.165) is 16.7 Å².